The second-order valence-electron chi connectivity index (χ2n) is 4.04. The van der Waals surface area contributed by atoms with Gasteiger partial charge in [-0.15, -0.1) is 0 Å². The van der Waals surface area contributed by atoms with Crippen molar-refractivity contribution >= 4 is 21.9 Å². The van der Waals surface area contributed by atoms with Crippen molar-refractivity contribution in [2.45, 2.75) is 19.4 Å². The first-order valence-corrected chi connectivity index (χ1v) is 7.16. The van der Waals surface area contributed by atoms with Gasteiger partial charge in [0.25, 0.3) is 10.1 Å². The van der Waals surface area contributed by atoms with Crippen LogP contribution in [0.2, 0.25) is 0 Å². The molecule has 9 heteroatoms. The molecule has 0 aliphatic carbocycles. The van der Waals surface area contributed by atoms with Crippen LogP contribution in [0.3, 0.4) is 0 Å². The normalized spacial score (nSPS) is 12.6. The van der Waals surface area contributed by atoms with Gasteiger partial charge in [-0.2, -0.15) is 8.42 Å². The van der Waals surface area contributed by atoms with E-state index in [0.717, 1.165) is 0 Å². The van der Waals surface area contributed by atoms with E-state index in [0.29, 0.717) is 18.5 Å². The van der Waals surface area contributed by atoms with E-state index in [-0.39, 0.29) is 12.5 Å². The number of nitrogens with two attached hydrogens (primary N) is 1. The van der Waals surface area contributed by atoms with Crippen LogP contribution in [0.5, 0.6) is 0 Å². The van der Waals surface area contributed by atoms with E-state index in [1.54, 1.807) is 6.92 Å². The molecule has 0 aromatic carbocycles. The maximum absolute atomic E-state index is 11.3. The number of hydrogen-bond acceptors (Lipinski definition) is 5. The van der Waals surface area contributed by atoms with Gasteiger partial charge in [0.15, 0.2) is 0 Å². The summed E-state index contributed by atoms with van der Waals surface area (Å²) in [5.74, 6) is -1.77. The highest BCUT2D eigenvalue weighted by Gasteiger charge is 2.19. The van der Waals surface area contributed by atoms with Gasteiger partial charge in [-0.25, -0.2) is 0 Å². The van der Waals surface area contributed by atoms with Crippen molar-refractivity contribution in [3.63, 3.8) is 0 Å². The lowest BCUT2D eigenvalue weighted by atomic mass is 10.3. The molecule has 110 valence electrons. The van der Waals surface area contributed by atoms with E-state index < -0.39 is 27.8 Å². The highest BCUT2D eigenvalue weighted by Crippen LogP contribution is 1.89. The Kier molecular flexibility index (Phi) is 7.27. The van der Waals surface area contributed by atoms with Gasteiger partial charge in [0.05, 0.1) is 5.75 Å². The average Bonchev–Trinajstić information content (AvgIpc) is 2.25. The Morgan fingerprint density at radius 3 is 2.32 bits per heavy atom. The zero-order chi connectivity index (χ0) is 15.1. The summed E-state index contributed by atoms with van der Waals surface area (Å²) in [4.78, 5) is 22.4. The lowest BCUT2D eigenvalue weighted by Crippen LogP contribution is -2.45. The van der Waals surface area contributed by atoms with Crippen LogP contribution in [0.15, 0.2) is 12.2 Å². The third-order valence-electron chi connectivity index (χ3n) is 2.05. The minimum Gasteiger partial charge on any atom is -0.355 e. The topological polar surface area (TPSA) is 139 Å². The lowest BCUT2D eigenvalue weighted by Gasteiger charge is -2.10. The zero-order valence-corrected chi connectivity index (χ0v) is 11.5. The van der Waals surface area contributed by atoms with Gasteiger partial charge in [-0.3, -0.25) is 14.1 Å². The summed E-state index contributed by atoms with van der Waals surface area (Å²) in [7, 11) is -4.28. The summed E-state index contributed by atoms with van der Waals surface area (Å²) < 4.78 is 29.5. The van der Waals surface area contributed by atoms with E-state index in [1.165, 1.54) is 0 Å². The first-order valence-electron chi connectivity index (χ1n) is 5.55. The molecule has 0 heterocycles. The number of amides is 2. The highest BCUT2D eigenvalue weighted by molar-refractivity contribution is 7.85. The van der Waals surface area contributed by atoms with Gasteiger partial charge in [0, 0.05) is 18.7 Å². The molecule has 5 N–H and O–H groups in total. The van der Waals surface area contributed by atoms with Crippen LogP contribution in [0.4, 0.5) is 0 Å². The van der Waals surface area contributed by atoms with Gasteiger partial charge in [-0.05, 0) is 13.3 Å². The van der Waals surface area contributed by atoms with E-state index in [4.69, 9.17) is 10.3 Å². The van der Waals surface area contributed by atoms with E-state index >= 15 is 0 Å². The van der Waals surface area contributed by atoms with Crippen molar-refractivity contribution in [3.05, 3.63) is 12.2 Å². The Bertz CT molecular complexity index is 446. The largest absolute Gasteiger partial charge is 0.355 e. The van der Waals surface area contributed by atoms with Crippen LogP contribution in [0.25, 0.3) is 0 Å². The predicted molar refractivity (Wildman–Crippen MR) is 69.8 cm³/mol. The number of nitrogens with one attached hydrogen (secondary N) is 2. The Balaban J connectivity index is 3.81. The molecule has 0 aliphatic heterocycles. The Morgan fingerprint density at radius 1 is 1.32 bits per heavy atom. The van der Waals surface area contributed by atoms with Gasteiger partial charge < -0.3 is 16.4 Å². The van der Waals surface area contributed by atoms with E-state index in [9.17, 15) is 18.0 Å². The summed E-state index contributed by atoms with van der Waals surface area (Å²) in [6.45, 7) is 5.61. The monoisotopic (exact) mass is 293 g/mol. The number of carbonyl (C=O) groups is 2. The van der Waals surface area contributed by atoms with Crippen LogP contribution in [0, 0.1) is 0 Å². The summed E-state index contributed by atoms with van der Waals surface area (Å²) in [6.07, 6.45) is 0.462. The molecule has 0 saturated heterocycles. The number of hydrogen-bond donors (Lipinski definition) is 4. The van der Waals surface area contributed by atoms with Crippen molar-refractivity contribution in [2.24, 2.45) is 5.73 Å². The third kappa shape index (κ3) is 9.17. The van der Waals surface area contributed by atoms with Crippen molar-refractivity contribution < 1.29 is 22.6 Å². The maximum Gasteiger partial charge on any atom is 0.266 e. The van der Waals surface area contributed by atoms with Crippen LogP contribution in [0.1, 0.15) is 13.3 Å². The second kappa shape index (κ2) is 7.87. The molecular weight excluding hydrogens is 274 g/mol. The molecule has 2 amide bonds. The van der Waals surface area contributed by atoms with Crippen molar-refractivity contribution in [3.8, 4) is 0 Å². The first-order chi connectivity index (χ1) is 8.63. The van der Waals surface area contributed by atoms with Crippen molar-refractivity contribution in [1.29, 1.82) is 0 Å². The molecular formula is C10H19N3O5S. The van der Waals surface area contributed by atoms with Crippen molar-refractivity contribution in [2.75, 3.05) is 18.8 Å². The van der Waals surface area contributed by atoms with E-state index in [1.807, 2.05) is 0 Å². The zero-order valence-electron chi connectivity index (χ0n) is 10.7. The fourth-order valence-corrected chi connectivity index (χ4v) is 1.69. The molecule has 8 nitrogen and oxygen atoms in total. The first kappa shape index (κ1) is 17.6. The van der Waals surface area contributed by atoms with Crippen LogP contribution >= 0.6 is 0 Å². The molecule has 0 aromatic heterocycles. The van der Waals surface area contributed by atoms with Crippen molar-refractivity contribution in [1.82, 2.24) is 10.6 Å². The van der Waals surface area contributed by atoms with Gasteiger partial charge in [0.1, 0.15) is 6.04 Å². The minimum absolute atomic E-state index is 0.231. The molecule has 0 aromatic rings. The fraction of sp³-hybridized carbons (Fsp3) is 0.600. The molecule has 0 fully saturated rings. The van der Waals surface area contributed by atoms with Crippen LogP contribution < -0.4 is 16.4 Å². The SMILES string of the molecule is C=C(C)C(=O)NCCCNC(=O)C(N)CS(=O)(=O)O. The summed E-state index contributed by atoms with van der Waals surface area (Å²) in [5.41, 5.74) is 5.66. The predicted octanol–water partition coefficient (Wildman–Crippen LogP) is -1.60. The molecule has 0 radical (unpaired) electrons. The molecule has 19 heavy (non-hydrogen) atoms. The second-order valence-corrected chi connectivity index (χ2v) is 5.53. The van der Waals surface area contributed by atoms with Crippen LogP contribution in [-0.2, 0) is 19.7 Å². The lowest BCUT2D eigenvalue weighted by molar-refractivity contribution is -0.121. The minimum atomic E-state index is -4.28. The Labute approximate surface area is 112 Å². The Morgan fingerprint density at radius 2 is 1.84 bits per heavy atom. The summed E-state index contributed by atoms with van der Waals surface area (Å²) in [6, 6.07) is -1.32. The standard InChI is InChI=1S/C10H19N3O5S/c1-7(2)9(14)12-4-3-5-13-10(15)8(11)6-19(16,17)18/h8H,1,3-6,11H2,2H3,(H,12,14)(H,13,15)(H,16,17,18). The molecule has 0 rings (SSSR count). The number of rotatable bonds is 8. The molecule has 1 atom stereocenters. The molecule has 0 saturated carbocycles. The maximum atomic E-state index is 11.3. The van der Waals surface area contributed by atoms with Gasteiger partial charge in [-0.1, -0.05) is 6.58 Å². The van der Waals surface area contributed by atoms with Crippen LogP contribution in [-0.4, -0.2) is 49.7 Å². The Hall–Kier alpha value is -1.45. The van der Waals surface area contributed by atoms with Gasteiger partial charge >= 0.3 is 0 Å². The summed E-state index contributed by atoms with van der Waals surface area (Å²) in [5, 5.41) is 4.96. The number of carbonyl (C=O) groups excluding carboxylic acids is 2. The quantitative estimate of drug-likeness (QED) is 0.241. The highest BCUT2D eigenvalue weighted by atomic mass is 32.2. The molecule has 0 spiro atoms. The third-order valence-corrected chi connectivity index (χ3v) is 2.83. The van der Waals surface area contributed by atoms with Gasteiger partial charge in [0.2, 0.25) is 11.8 Å². The average molecular weight is 293 g/mol. The molecule has 1 unspecified atom stereocenters. The summed E-state index contributed by atoms with van der Waals surface area (Å²) >= 11 is 0. The fourth-order valence-electron chi connectivity index (χ4n) is 1.09. The molecule has 0 aliphatic rings. The van der Waals surface area contributed by atoms with E-state index in [2.05, 4.69) is 17.2 Å². The molecule has 0 bridgehead atoms. The smallest absolute Gasteiger partial charge is 0.266 e.